The van der Waals surface area contributed by atoms with Crippen LogP contribution in [0.15, 0.2) is 34.8 Å². The molecule has 16 heteroatoms. The van der Waals surface area contributed by atoms with Crippen molar-refractivity contribution in [3.63, 3.8) is 0 Å². The Morgan fingerprint density at radius 2 is 1.54 bits per heavy atom. The summed E-state index contributed by atoms with van der Waals surface area (Å²) < 4.78 is 146. The van der Waals surface area contributed by atoms with Crippen LogP contribution >= 0.6 is 15.9 Å². The molecule has 0 aromatic heterocycles. The number of anilines is 2. The Balaban J connectivity index is 2.66. The fraction of sp³-hybridized carbons (Fsp3) is 0.263. The van der Waals surface area contributed by atoms with Gasteiger partial charge in [-0.2, -0.15) is 44.8 Å². The van der Waals surface area contributed by atoms with Gasteiger partial charge in [0, 0.05) is 10.0 Å². The van der Waals surface area contributed by atoms with Gasteiger partial charge in [-0.05, 0) is 40.2 Å². The minimum atomic E-state index is -6.70. The maximum Gasteiger partial charge on any atom is 0.435 e. The van der Waals surface area contributed by atoms with Crippen LogP contribution in [0.3, 0.4) is 0 Å². The first kappa shape index (κ1) is 28.1. The molecule has 0 spiro atoms. The van der Waals surface area contributed by atoms with Crippen LogP contribution in [-0.4, -0.2) is 24.8 Å². The predicted octanol–water partition coefficient (Wildman–Crippen LogP) is 7.08. The number of benzene rings is 2. The normalized spacial score (nSPS) is 12.8. The van der Waals surface area contributed by atoms with Crippen LogP contribution in [0.4, 0.5) is 59.7 Å². The van der Waals surface area contributed by atoms with Gasteiger partial charge < -0.3 is 10.6 Å². The maximum atomic E-state index is 14.5. The second-order valence-corrected chi connectivity index (χ2v) is 7.52. The molecule has 0 radical (unpaired) electrons. The highest BCUT2D eigenvalue weighted by Crippen LogP contribution is 2.55. The first-order valence-electron chi connectivity index (χ1n) is 8.80. The number of halogens is 12. The molecule has 0 heterocycles. The third-order valence-electron chi connectivity index (χ3n) is 4.41. The summed E-state index contributed by atoms with van der Waals surface area (Å²) in [4.78, 5) is 12.4. The summed E-state index contributed by atoms with van der Waals surface area (Å²) in [5, 5.41) is 12.3. The van der Waals surface area contributed by atoms with Crippen molar-refractivity contribution in [1.82, 2.24) is 0 Å². The Bertz CT molecular complexity index is 1150. The largest absolute Gasteiger partial charge is 0.435 e. The molecule has 0 aliphatic heterocycles. The zero-order valence-electron chi connectivity index (χ0n) is 16.5. The maximum absolute atomic E-state index is 14.5. The molecular weight excluding hydrogens is 575 g/mol. The molecule has 0 saturated heterocycles. The van der Waals surface area contributed by atoms with Gasteiger partial charge in [-0.3, -0.25) is 4.79 Å². The molecule has 4 nitrogen and oxygen atoms in total. The molecule has 0 atom stereocenters. The molecule has 190 valence electrons. The van der Waals surface area contributed by atoms with Crippen LogP contribution in [0, 0.1) is 17.1 Å². The van der Waals surface area contributed by atoms with Crippen molar-refractivity contribution in [3.8, 4) is 6.07 Å². The fourth-order valence-electron chi connectivity index (χ4n) is 2.80. The van der Waals surface area contributed by atoms with E-state index in [0.29, 0.717) is 0 Å². The zero-order valence-corrected chi connectivity index (χ0v) is 18.1. The molecular formula is C19H9BrF11N3O. The van der Waals surface area contributed by atoms with Gasteiger partial charge in [0.25, 0.3) is 5.91 Å². The zero-order chi connectivity index (χ0) is 27.0. The number of nitrogens with zero attached hydrogens (tertiary/aromatic N) is 1. The summed E-state index contributed by atoms with van der Waals surface area (Å²) in [5.41, 5.74) is -13.6. The van der Waals surface area contributed by atoms with Gasteiger partial charge in [0.1, 0.15) is 6.54 Å². The molecule has 0 unspecified atom stereocenters. The Morgan fingerprint density at radius 3 is 2.03 bits per heavy atom. The van der Waals surface area contributed by atoms with E-state index in [1.807, 2.05) is 0 Å². The van der Waals surface area contributed by atoms with Crippen LogP contribution in [-0.2, 0) is 11.8 Å². The third kappa shape index (κ3) is 5.44. The summed E-state index contributed by atoms with van der Waals surface area (Å²) in [5.74, 6) is -2.90. The smallest absolute Gasteiger partial charge is 0.370 e. The third-order valence-corrected chi connectivity index (χ3v) is 5.04. The number of alkyl halides is 10. The van der Waals surface area contributed by atoms with E-state index >= 15 is 0 Å². The van der Waals surface area contributed by atoms with E-state index in [4.69, 9.17) is 5.26 Å². The van der Waals surface area contributed by atoms with Crippen molar-refractivity contribution in [2.75, 3.05) is 17.2 Å². The van der Waals surface area contributed by atoms with Crippen molar-refractivity contribution in [1.29, 1.82) is 5.26 Å². The fourth-order valence-corrected chi connectivity index (χ4v) is 3.36. The lowest BCUT2D eigenvalue weighted by Crippen LogP contribution is -2.50. The number of hydrogen-bond donors (Lipinski definition) is 2. The Labute approximate surface area is 196 Å². The molecule has 0 bridgehead atoms. The van der Waals surface area contributed by atoms with Gasteiger partial charge in [-0.1, -0.05) is 6.07 Å². The number of hydrogen-bond acceptors (Lipinski definition) is 3. The highest BCUT2D eigenvalue weighted by atomic mass is 79.9. The van der Waals surface area contributed by atoms with Gasteiger partial charge >= 0.3 is 24.2 Å². The van der Waals surface area contributed by atoms with Crippen LogP contribution in [0.1, 0.15) is 21.5 Å². The second kappa shape index (κ2) is 9.51. The van der Waals surface area contributed by atoms with E-state index < -0.39 is 81.1 Å². The first-order valence-corrected chi connectivity index (χ1v) is 9.59. The van der Waals surface area contributed by atoms with Crippen LogP contribution < -0.4 is 10.6 Å². The summed E-state index contributed by atoms with van der Waals surface area (Å²) >= 11 is 2.33. The Morgan fingerprint density at radius 1 is 0.971 bits per heavy atom. The second-order valence-electron chi connectivity index (χ2n) is 6.67. The average Bonchev–Trinajstić information content (AvgIpc) is 2.71. The molecule has 0 aliphatic carbocycles. The molecule has 0 fully saturated rings. The number of rotatable bonds is 5. The molecule has 2 N–H and O–H groups in total. The lowest BCUT2D eigenvalue weighted by Gasteiger charge is -2.31. The number of nitrogens with one attached hydrogen (secondary N) is 2. The molecule has 2 aromatic rings. The number of carbonyl (C=O) groups excluding carboxylic acids is 1. The molecule has 2 rings (SSSR count). The van der Waals surface area contributed by atoms with Gasteiger partial charge in [-0.15, -0.1) is 0 Å². The van der Waals surface area contributed by atoms with Crippen molar-refractivity contribution in [2.24, 2.45) is 0 Å². The van der Waals surface area contributed by atoms with Crippen molar-refractivity contribution >= 4 is 33.2 Å². The molecule has 35 heavy (non-hydrogen) atoms. The highest BCUT2D eigenvalue weighted by Gasteiger charge is 2.73. The van der Waals surface area contributed by atoms with Gasteiger partial charge in [-0.25, -0.2) is 8.78 Å². The van der Waals surface area contributed by atoms with E-state index in [9.17, 15) is 53.1 Å². The average molecular weight is 584 g/mol. The lowest BCUT2D eigenvalue weighted by molar-refractivity contribution is -0.348. The SMILES string of the molecule is N#CCNc1cccc(C(=O)Nc2c(Br)cc(C(F)(C(F)(F)F)C(F)(F)F)cc2C(F)(F)F)c1F. The quantitative estimate of drug-likeness (QED) is 0.292. The summed E-state index contributed by atoms with van der Waals surface area (Å²) in [6.45, 7) is -0.420. The van der Waals surface area contributed by atoms with Gasteiger partial charge in [0.05, 0.1) is 28.6 Å². The van der Waals surface area contributed by atoms with Crippen molar-refractivity contribution in [3.05, 3.63) is 57.3 Å². The molecule has 0 aliphatic rings. The van der Waals surface area contributed by atoms with E-state index in [1.54, 1.807) is 11.4 Å². The number of nitriles is 1. The van der Waals surface area contributed by atoms with Crippen molar-refractivity contribution < 1.29 is 53.1 Å². The highest BCUT2D eigenvalue weighted by molar-refractivity contribution is 9.10. The van der Waals surface area contributed by atoms with Crippen LogP contribution in [0.25, 0.3) is 0 Å². The Kier molecular flexibility index (Phi) is 7.65. The van der Waals surface area contributed by atoms with Gasteiger partial charge in [0.15, 0.2) is 5.82 Å². The summed E-state index contributed by atoms with van der Waals surface area (Å²) in [7, 11) is 0. The van der Waals surface area contributed by atoms with Crippen molar-refractivity contribution in [2.45, 2.75) is 24.2 Å². The topological polar surface area (TPSA) is 64.9 Å². The van der Waals surface area contributed by atoms with Crippen LogP contribution in [0.2, 0.25) is 0 Å². The molecule has 2 aromatic carbocycles. The lowest BCUT2D eigenvalue weighted by atomic mass is 9.92. The Hall–Kier alpha value is -3.09. The minimum Gasteiger partial charge on any atom is -0.370 e. The predicted molar refractivity (Wildman–Crippen MR) is 102 cm³/mol. The molecule has 0 saturated carbocycles. The first-order chi connectivity index (χ1) is 15.9. The number of carbonyl (C=O) groups is 1. The van der Waals surface area contributed by atoms with Crippen LogP contribution in [0.5, 0.6) is 0 Å². The standard InChI is InChI=1S/C19H9BrF11N3O/c20-11-7-8(16(22,18(26,27)28)19(29,30)31)6-10(17(23,24)25)14(11)34-15(35)9-2-1-3-12(13(9)21)33-5-4-32/h1-3,6-7,33H,5H2,(H,34,35). The van der Waals surface area contributed by atoms with E-state index in [2.05, 4.69) is 21.2 Å². The van der Waals surface area contributed by atoms with Gasteiger partial charge in [0.2, 0.25) is 0 Å². The summed E-state index contributed by atoms with van der Waals surface area (Å²) in [6, 6.07) is 3.58. The van der Waals surface area contributed by atoms with E-state index in [0.717, 1.165) is 18.2 Å². The van der Waals surface area contributed by atoms with E-state index in [1.165, 1.54) is 0 Å². The summed E-state index contributed by atoms with van der Waals surface area (Å²) in [6.07, 6.45) is -19.1. The van der Waals surface area contributed by atoms with E-state index in [-0.39, 0.29) is 6.07 Å². The number of amides is 1. The molecule has 1 amide bonds. The monoisotopic (exact) mass is 583 g/mol. The minimum absolute atomic E-state index is 0.229.